The van der Waals surface area contributed by atoms with Crippen molar-refractivity contribution in [2.45, 2.75) is 50.6 Å². The van der Waals surface area contributed by atoms with Crippen molar-refractivity contribution >= 4 is 5.91 Å². The Morgan fingerprint density at radius 2 is 1.90 bits per heavy atom. The number of aliphatic hydroxyl groups is 1. The predicted molar refractivity (Wildman–Crippen MR) is 71.3 cm³/mol. The molecule has 116 valence electrons. The van der Waals surface area contributed by atoms with Crippen LogP contribution in [0.2, 0.25) is 0 Å². The fraction of sp³-hybridized carbons (Fsp3) is 0.533. The Labute approximate surface area is 121 Å². The Balaban J connectivity index is 2.19. The molecule has 1 amide bonds. The van der Waals surface area contributed by atoms with Gasteiger partial charge < -0.3 is 10.0 Å². The van der Waals surface area contributed by atoms with Crippen LogP contribution in [0.4, 0.5) is 13.2 Å². The molecule has 0 radical (unpaired) electrons. The van der Waals surface area contributed by atoms with Crippen LogP contribution in [-0.2, 0) is 11.3 Å². The van der Waals surface area contributed by atoms with E-state index in [4.69, 9.17) is 0 Å². The highest BCUT2D eigenvalue weighted by atomic mass is 19.4. The summed E-state index contributed by atoms with van der Waals surface area (Å²) in [5, 5.41) is 9.66. The molecule has 0 bridgehead atoms. The molecule has 21 heavy (non-hydrogen) atoms. The lowest BCUT2D eigenvalue weighted by molar-refractivity contribution is -0.189. The maximum atomic E-state index is 12.8. The molecular weight excluding hydrogens is 283 g/mol. The van der Waals surface area contributed by atoms with E-state index in [1.165, 1.54) is 0 Å². The van der Waals surface area contributed by atoms with E-state index >= 15 is 0 Å². The van der Waals surface area contributed by atoms with Crippen LogP contribution in [0, 0.1) is 0 Å². The number of hydrogen-bond donors (Lipinski definition) is 1. The third-order valence-electron chi connectivity index (χ3n) is 3.76. The number of halogens is 3. The van der Waals surface area contributed by atoms with Gasteiger partial charge in [0.25, 0.3) is 0 Å². The Morgan fingerprint density at radius 1 is 1.24 bits per heavy atom. The minimum absolute atomic E-state index is 0.0867. The fourth-order valence-electron chi connectivity index (χ4n) is 2.73. The second-order valence-electron chi connectivity index (χ2n) is 5.39. The number of hydrogen-bond acceptors (Lipinski definition) is 2. The molecule has 0 saturated heterocycles. The molecule has 1 aliphatic rings. The van der Waals surface area contributed by atoms with Gasteiger partial charge in [-0.1, -0.05) is 30.3 Å². The molecule has 0 heterocycles. The number of rotatable bonds is 3. The Bertz CT molecular complexity index is 476. The van der Waals surface area contributed by atoms with Crippen molar-refractivity contribution in [3.8, 4) is 0 Å². The van der Waals surface area contributed by atoms with E-state index in [2.05, 4.69) is 0 Å². The summed E-state index contributed by atoms with van der Waals surface area (Å²) >= 11 is 0. The van der Waals surface area contributed by atoms with E-state index in [1.54, 1.807) is 30.3 Å². The standard InChI is InChI=1S/C15H18F3NO2/c16-15(17,18)14(21)19(10-11-5-2-1-3-6-11)12-7-4-8-13(20)9-12/h1-3,5-6,12-13,20H,4,7-10H2. The second-order valence-corrected chi connectivity index (χ2v) is 5.39. The molecule has 2 unspecified atom stereocenters. The molecule has 0 aromatic heterocycles. The molecule has 2 rings (SSSR count). The van der Waals surface area contributed by atoms with Crippen LogP contribution in [0.3, 0.4) is 0 Å². The van der Waals surface area contributed by atoms with Gasteiger partial charge in [0, 0.05) is 12.6 Å². The zero-order valence-corrected chi connectivity index (χ0v) is 11.5. The molecule has 0 spiro atoms. The predicted octanol–water partition coefficient (Wildman–Crippen LogP) is 2.88. The van der Waals surface area contributed by atoms with E-state index in [1.807, 2.05) is 0 Å². The number of carbonyl (C=O) groups excluding carboxylic acids is 1. The summed E-state index contributed by atoms with van der Waals surface area (Å²) in [6.45, 7) is -0.0867. The van der Waals surface area contributed by atoms with Crippen LogP contribution in [0.15, 0.2) is 30.3 Å². The largest absolute Gasteiger partial charge is 0.471 e. The molecule has 3 nitrogen and oxygen atoms in total. The molecule has 0 aliphatic heterocycles. The molecule has 2 atom stereocenters. The zero-order valence-electron chi connectivity index (χ0n) is 11.5. The first-order valence-corrected chi connectivity index (χ1v) is 6.97. The summed E-state index contributed by atoms with van der Waals surface area (Å²) in [5.41, 5.74) is 0.648. The van der Waals surface area contributed by atoms with Crippen molar-refractivity contribution in [2.24, 2.45) is 0 Å². The SMILES string of the molecule is O=C(N(Cc1ccccc1)C1CCCC(O)C1)C(F)(F)F. The van der Waals surface area contributed by atoms with Crippen LogP contribution in [-0.4, -0.2) is 34.2 Å². The first-order chi connectivity index (χ1) is 9.88. The van der Waals surface area contributed by atoms with Gasteiger partial charge in [0.05, 0.1) is 6.10 Å². The first kappa shape index (κ1) is 15.8. The number of aliphatic hydroxyl groups excluding tert-OH is 1. The van der Waals surface area contributed by atoms with Gasteiger partial charge in [-0.25, -0.2) is 0 Å². The molecule has 1 fully saturated rings. The van der Waals surface area contributed by atoms with Gasteiger partial charge in [-0.3, -0.25) is 4.79 Å². The lowest BCUT2D eigenvalue weighted by Gasteiger charge is -2.36. The Hall–Kier alpha value is -1.56. The van der Waals surface area contributed by atoms with Gasteiger partial charge >= 0.3 is 12.1 Å². The van der Waals surface area contributed by atoms with E-state index in [9.17, 15) is 23.1 Å². The smallest absolute Gasteiger partial charge is 0.393 e. The van der Waals surface area contributed by atoms with Gasteiger partial charge in [-0.2, -0.15) is 13.2 Å². The van der Waals surface area contributed by atoms with Gasteiger partial charge in [0.1, 0.15) is 0 Å². The number of nitrogens with zero attached hydrogens (tertiary/aromatic N) is 1. The number of carbonyl (C=O) groups is 1. The summed E-state index contributed by atoms with van der Waals surface area (Å²) < 4.78 is 38.4. The van der Waals surface area contributed by atoms with Gasteiger partial charge in [-0.05, 0) is 31.2 Å². The first-order valence-electron chi connectivity index (χ1n) is 6.97. The third kappa shape index (κ3) is 4.20. The number of alkyl halides is 3. The topological polar surface area (TPSA) is 40.5 Å². The maximum absolute atomic E-state index is 12.8. The highest BCUT2D eigenvalue weighted by molar-refractivity contribution is 5.82. The Kier molecular flexibility index (Phi) is 4.88. The Morgan fingerprint density at radius 3 is 2.48 bits per heavy atom. The number of benzene rings is 1. The van der Waals surface area contributed by atoms with Crippen molar-refractivity contribution in [3.63, 3.8) is 0 Å². The average molecular weight is 301 g/mol. The molecule has 6 heteroatoms. The highest BCUT2D eigenvalue weighted by Crippen LogP contribution is 2.29. The minimum atomic E-state index is -4.89. The summed E-state index contributed by atoms with van der Waals surface area (Å²) in [5.74, 6) is -1.83. The van der Waals surface area contributed by atoms with Crippen molar-refractivity contribution in [2.75, 3.05) is 0 Å². The van der Waals surface area contributed by atoms with E-state index < -0.39 is 24.2 Å². The zero-order chi connectivity index (χ0) is 15.5. The van der Waals surface area contributed by atoms with E-state index in [0.29, 0.717) is 24.8 Å². The minimum Gasteiger partial charge on any atom is -0.393 e. The molecule has 1 aromatic rings. The van der Waals surface area contributed by atoms with Crippen molar-refractivity contribution in [1.29, 1.82) is 0 Å². The van der Waals surface area contributed by atoms with Crippen LogP contribution in [0.25, 0.3) is 0 Å². The average Bonchev–Trinajstić information content (AvgIpc) is 2.44. The quantitative estimate of drug-likeness (QED) is 0.932. The monoisotopic (exact) mass is 301 g/mol. The summed E-state index contributed by atoms with van der Waals surface area (Å²) in [4.78, 5) is 12.6. The van der Waals surface area contributed by atoms with E-state index in [0.717, 1.165) is 4.90 Å². The lowest BCUT2D eigenvalue weighted by Crippen LogP contribution is -2.48. The highest BCUT2D eigenvalue weighted by Gasteiger charge is 2.45. The van der Waals surface area contributed by atoms with Crippen LogP contribution >= 0.6 is 0 Å². The fourth-order valence-corrected chi connectivity index (χ4v) is 2.73. The van der Waals surface area contributed by atoms with Crippen molar-refractivity contribution in [3.05, 3.63) is 35.9 Å². The molecule has 1 N–H and O–H groups in total. The second kappa shape index (κ2) is 6.47. The summed E-state index contributed by atoms with van der Waals surface area (Å²) in [6.07, 6.45) is -3.63. The summed E-state index contributed by atoms with van der Waals surface area (Å²) in [6, 6.07) is 8.03. The molecular formula is C15H18F3NO2. The van der Waals surface area contributed by atoms with Crippen molar-refractivity contribution in [1.82, 2.24) is 4.90 Å². The normalized spacial score (nSPS) is 22.9. The van der Waals surface area contributed by atoms with Crippen LogP contribution in [0.5, 0.6) is 0 Å². The van der Waals surface area contributed by atoms with Gasteiger partial charge in [0.2, 0.25) is 0 Å². The molecule has 1 aliphatic carbocycles. The summed E-state index contributed by atoms with van der Waals surface area (Å²) in [7, 11) is 0. The maximum Gasteiger partial charge on any atom is 0.471 e. The van der Waals surface area contributed by atoms with Gasteiger partial charge in [0.15, 0.2) is 0 Å². The number of amides is 1. The third-order valence-corrected chi connectivity index (χ3v) is 3.76. The van der Waals surface area contributed by atoms with E-state index in [-0.39, 0.29) is 13.0 Å². The van der Waals surface area contributed by atoms with Crippen LogP contribution < -0.4 is 0 Å². The van der Waals surface area contributed by atoms with Gasteiger partial charge in [-0.15, -0.1) is 0 Å². The van der Waals surface area contributed by atoms with Crippen molar-refractivity contribution < 1.29 is 23.1 Å². The lowest BCUT2D eigenvalue weighted by atomic mass is 9.91. The molecule has 1 saturated carbocycles. The molecule has 1 aromatic carbocycles. The van der Waals surface area contributed by atoms with Crippen LogP contribution in [0.1, 0.15) is 31.2 Å².